The number of nitrogens with zero attached hydrogens (tertiary/aromatic N) is 1. The van der Waals surface area contributed by atoms with Gasteiger partial charge in [0.15, 0.2) is 0 Å². The predicted molar refractivity (Wildman–Crippen MR) is 66.4 cm³/mol. The Kier molecular flexibility index (Phi) is 3.34. The number of hydrogen-bond acceptors (Lipinski definition) is 3. The van der Waals surface area contributed by atoms with E-state index in [4.69, 9.17) is 0 Å². The fourth-order valence-electron chi connectivity index (χ4n) is 2.98. The number of likely N-dealkylation sites (tertiary alicyclic amines) is 1. The van der Waals surface area contributed by atoms with E-state index in [9.17, 15) is 5.11 Å². The lowest BCUT2D eigenvalue weighted by Crippen LogP contribution is -2.51. The summed E-state index contributed by atoms with van der Waals surface area (Å²) in [6, 6.07) is 0. The van der Waals surface area contributed by atoms with Gasteiger partial charge in [-0.05, 0) is 50.3 Å². The molecule has 2 rings (SSSR count). The van der Waals surface area contributed by atoms with Crippen LogP contribution in [0.25, 0.3) is 0 Å². The summed E-state index contributed by atoms with van der Waals surface area (Å²) in [4.78, 5) is 2.44. The van der Waals surface area contributed by atoms with E-state index < -0.39 is 5.60 Å². The highest BCUT2D eigenvalue weighted by atomic mass is 32.1. The van der Waals surface area contributed by atoms with Crippen LogP contribution in [0.2, 0.25) is 0 Å². The van der Waals surface area contributed by atoms with Gasteiger partial charge in [0, 0.05) is 13.1 Å². The number of thiol groups is 1. The summed E-state index contributed by atoms with van der Waals surface area (Å²) in [5.74, 6) is 1.01. The maximum Gasteiger partial charge on any atom is 0.0746 e. The average Bonchev–Trinajstić information content (AvgIpc) is 2.10. The standard InChI is InChI=1S/C12H23NOS/c1-11(14)4-3-7-13(8-11)9-12(10-15)5-2-6-12/h14-15H,2-10H2,1H3. The summed E-state index contributed by atoms with van der Waals surface area (Å²) in [6.45, 7) is 5.12. The molecule has 1 atom stereocenters. The minimum Gasteiger partial charge on any atom is -0.389 e. The first-order chi connectivity index (χ1) is 7.05. The predicted octanol–water partition coefficient (Wildman–Crippen LogP) is 1.93. The van der Waals surface area contributed by atoms with E-state index in [1.54, 1.807) is 0 Å². The van der Waals surface area contributed by atoms with Crippen LogP contribution in [0.4, 0.5) is 0 Å². The average molecular weight is 229 g/mol. The van der Waals surface area contributed by atoms with Crippen LogP contribution in [0, 0.1) is 5.41 Å². The summed E-state index contributed by atoms with van der Waals surface area (Å²) in [6.07, 6.45) is 6.11. The van der Waals surface area contributed by atoms with Crippen LogP contribution in [-0.4, -0.2) is 41.0 Å². The van der Waals surface area contributed by atoms with Gasteiger partial charge in [0.2, 0.25) is 0 Å². The van der Waals surface area contributed by atoms with E-state index in [1.807, 2.05) is 6.92 Å². The van der Waals surface area contributed by atoms with E-state index in [0.717, 1.165) is 38.2 Å². The molecule has 1 saturated carbocycles. The van der Waals surface area contributed by atoms with Crippen LogP contribution in [0.3, 0.4) is 0 Å². The molecule has 1 saturated heterocycles. The van der Waals surface area contributed by atoms with Crippen LogP contribution in [-0.2, 0) is 0 Å². The van der Waals surface area contributed by atoms with Gasteiger partial charge in [-0.3, -0.25) is 4.90 Å². The molecule has 1 aliphatic heterocycles. The van der Waals surface area contributed by atoms with Crippen molar-refractivity contribution in [3.63, 3.8) is 0 Å². The summed E-state index contributed by atoms with van der Waals surface area (Å²) in [5, 5.41) is 10.0. The molecule has 0 spiro atoms. The van der Waals surface area contributed by atoms with Crippen molar-refractivity contribution in [3.8, 4) is 0 Å². The number of piperidine rings is 1. The van der Waals surface area contributed by atoms with Crippen molar-refractivity contribution in [1.29, 1.82) is 0 Å². The monoisotopic (exact) mass is 229 g/mol. The minimum atomic E-state index is -0.459. The molecule has 3 heteroatoms. The third-order valence-electron chi connectivity index (χ3n) is 4.06. The van der Waals surface area contributed by atoms with Crippen molar-refractivity contribution >= 4 is 12.6 Å². The van der Waals surface area contributed by atoms with Gasteiger partial charge in [-0.2, -0.15) is 12.6 Å². The Morgan fingerprint density at radius 1 is 1.27 bits per heavy atom. The van der Waals surface area contributed by atoms with Gasteiger partial charge < -0.3 is 5.11 Å². The highest BCUT2D eigenvalue weighted by Crippen LogP contribution is 2.43. The third kappa shape index (κ3) is 2.69. The number of β-amino-alcohol motifs (C(OH)–C–C–N with tert-alkyl or cyclic N) is 1. The molecule has 0 aromatic rings. The second-order valence-corrected chi connectivity index (χ2v) is 6.14. The van der Waals surface area contributed by atoms with Gasteiger partial charge in [0.1, 0.15) is 0 Å². The smallest absolute Gasteiger partial charge is 0.0746 e. The quantitative estimate of drug-likeness (QED) is 0.723. The van der Waals surface area contributed by atoms with Crippen LogP contribution in [0.5, 0.6) is 0 Å². The molecule has 2 fully saturated rings. The van der Waals surface area contributed by atoms with Crippen molar-refractivity contribution in [2.75, 3.05) is 25.4 Å². The zero-order chi connectivity index (χ0) is 10.9. The second kappa shape index (κ2) is 4.27. The highest BCUT2D eigenvalue weighted by molar-refractivity contribution is 7.80. The fraction of sp³-hybridized carbons (Fsp3) is 1.00. The van der Waals surface area contributed by atoms with Crippen LogP contribution >= 0.6 is 12.6 Å². The second-order valence-electron chi connectivity index (χ2n) is 5.82. The first-order valence-corrected chi connectivity index (χ1v) is 6.74. The van der Waals surface area contributed by atoms with Crippen molar-refractivity contribution in [2.45, 2.75) is 44.6 Å². The molecule has 15 heavy (non-hydrogen) atoms. The van der Waals surface area contributed by atoms with Crippen LogP contribution < -0.4 is 0 Å². The molecule has 2 nitrogen and oxygen atoms in total. The first-order valence-electron chi connectivity index (χ1n) is 6.11. The molecule has 2 aliphatic rings. The molecular formula is C12H23NOS. The van der Waals surface area contributed by atoms with Gasteiger partial charge in [-0.1, -0.05) is 6.42 Å². The van der Waals surface area contributed by atoms with Gasteiger partial charge >= 0.3 is 0 Å². The summed E-state index contributed by atoms with van der Waals surface area (Å²) < 4.78 is 0. The molecule has 1 aliphatic carbocycles. The van der Waals surface area contributed by atoms with Crippen molar-refractivity contribution in [1.82, 2.24) is 4.90 Å². The molecule has 0 aromatic heterocycles. The van der Waals surface area contributed by atoms with E-state index in [-0.39, 0.29) is 0 Å². The van der Waals surface area contributed by atoms with Gasteiger partial charge in [0.05, 0.1) is 5.60 Å². The Hall–Kier alpha value is 0.270. The zero-order valence-electron chi connectivity index (χ0n) is 9.71. The third-order valence-corrected chi connectivity index (χ3v) is 4.73. The van der Waals surface area contributed by atoms with Crippen molar-refractivity contribution < 1.29 is 5.11 Å². The molecule has 0 aromatic carbocycles. The molecule has 0 radical (unpaired) electrons. The van der Waals surface area contributed by atoms with E-state index in [1.165, 1.54) is 19.3 Å². The Balaban J connectivity index is 1.88. The Morgan fingerprint density at radius 2 is 2.00 bits per heavy atom. The lowest BCUT2D eigenvalue weighted by molar-refractivity contribution is -0.0354. The topological polar surface area (TPSA) is 23.5 Å². The van der Waals surface area contributed by atoms with E-state index in [0.29, 0.717) is 5.41 Å². The number of rotatable bonds is 3. The lowest BCUT2D eigenvalue weighted by Gasteiger charge is -2.47. The molecule has 1 unspecified atom stereocenters. The first kappa shape index (κ1) is 11.7. The minimum absolute atomic E-state index is 0.459. The summed E-state index contributed by atoms with van der Waals surface area (Å²) in [7, 11) is 0. The Bertz CT molecular complexity index is 220. The molecule has 1 heterocycles. The van der Waals surface area contributed by atoms with Crippen LogP contribution in [0.15, 0.2) is 0 Å². The summed E-state index contributed by atoms with van der Waals surface area (Å²) in [5.41, 5.74) is 0.0102. The summed E-state index contributed by atoms with van der Waals surface area (Å²) >= 11 is 4.49. The van der Waals surface area contributed by atoms with Crippen molar-refractivity contribution in [2.24, 2.45) is 5.41 Å². The molecule has 1 N–H and O–H groups in total. The van der Waals surface area contributed by atoms with Crippen molar-refractivity contribution in [3.05, 3.63) is 0 Å². The Morgan fingerprint density at radius 3 is 2.47 bits per heavy atom. The van der Waals surface area contributed by atoms with E-state index >= 15 is 0 Å². The molecule has 0 amide bonds. The molecule has 88 valence electrons. The normalized spacial score (nSPS) is 36.2. The maximum absolute atomic E-state index is 10.0. The lowest BCUT2D eigenvalue weighted by atomic mass is 9.69. The molecular weight excluding hydrogens is 206 g/mol. The number of aliphatic hydroxyl groups is 1. The van der Waals surface area contributed by atoms with Crippen LogP contribution in [0.1, 0.15) is 39.0 Å². The molecule has 0 bridgehead atoms. The van der Waals surface area contributed by atoms with Gasteiger partial charge in [0.25, 0.3) is 0 Å². The number of hydrogen-bond donors (Lipinski definition) is 2. The van der Waals surface area contributed by atoms with E-state index in [2.05, 4.69) is 17.5 Å². The SMILES string of the molecule is CC1(O)CCCN(CC2(CS)CCC2)C1. The zero-order valence-corrected chi connectivity index (χ0v) is 10.6. The van der Waals surface area contributed by atoms with Gasteiger partial charge in [-0.25, -0.2) is 0 Å². The Labute approximate surface area is 98.5 Å². The maximum atomic E-state index is 10.0. The van der Waals surface area contributed by atoms with Gasteiger partial charge in [-0.15, -0.1) is 0 Å². The largest absolute Gasteiger partial charge is 0.389 e. The highest BCUT2D eigenvalue weighted by Gasteiger charge is 2.39. The fourth-order valence-corrected chi connectivity index (χ4v) is 3.39.